The molecule has 1 saturated carbocycles. The molecule has 0 unspecified atom stereocenters. The fraction of sp³-hybridized carbons (Fsp3) is 0.429. The lowest BCUT2D eigenvalue weighted by Gasteiger charge is -2.09. The number of rotatable bonds is 3. The molecule has 1 aromatic heterocycles. The molecule has 1 N–H and O–H groups in total. The van der Waals surface area contributed by atoms with Gasteiger partial charge in [0.25, 0.3) is 0 Å². The van der Waals surface area contributed by atoms with Gasteiger partial charge in [0.05, 0.1) is 6.54 Å². The Labute approximate surface area is 110 Å². The van der Waals surface area contributed by atoms with Gasteiger partial charge in [-0.3, -0.25) is 0 Å². The van der Waals surface area contributed by atoms with E-state index in [1.165, 1.54) is 31.1 Å². The largest absolute Gasteiger partial charge is 0.460 e. The molecule has 1 aliphatic rings. The number of hydrogen-bond donors (Lipinski definition) is 1. The maximum Gasteiger partial charge on any atom is 0.135 e. The number of nitrogens with one attached hydrogen (secondary N) is 1. The Balaban J connectivity index is 1.72. The Morgan fingerprint density at radius 1 is 1.24 bits per heavy atom. The summed E-state index contributed by atoms with van der Waals surface area (Å²) in [4.78, 5) is 0. The van der Waals surface area contributed by atoms with Gasteiger partial charge in [-0.2, -0.15) is 0 Å². The van der Waals surface area contributed by atoms with Gasteiger partial charge in [-0.1, -0.05) is 28.8 Å². The molecule has 3 heteroatoms. The summed E-state index contributed by atoms with van der Waals surface area (Å²) in [6.45, 7) is 0.844. The van der Waals surface area contributed by atoms with Crippen molar-refractivity contribution in [3.05, 3.63) is 34.5 Å². The van der Waals surface area contributed by atoms with Crippen LogP contribution < -0.4 is 5.32 Å². The minimum Gasteiger partial charge on any atom is -0.460 e. The smallest absolute Gasteiger partial charge is 0.135 e. The van der Waals surface area contributed by atoms with E-state index in [-0.39, 0.29) is 0 Å². The van der Waals surface area contributed by atoms with Crippen molar-refractivity contribution in [1.82, 2.24) is 5.32 Å². The maximum atomic E-state index is 5.82. The van der Waals surface area contributed by atoms with Crippen molar-refractivity contribution in [2.45, 2.75) is 38.3 Å². The van der Waals surface area contributed by atoms with Crippen molar-refractivity contribution in [2.24, 2.45) is 0 Å². The first kappa shape index (κ1) is 11.3. The first-order valence-corrected chi connectivity index (χ1v) is 7.02. The molecule has 2 aromatic rings. The standard InChI is InChI=1S/C14H16BrNO/c15-11-6-5-10-7-13(17-14(10)8-11)9-16-12-3-1-2-4-12/h5-8,12,16H,1-4,9H2. The Hall–Kier alpha value is -0.800. The Kier molecular flexibility index (Phi) is 3.21. The molecule has 1 heterocycles. The van der Waals surface area contributed by atoms with Crippen molar-refractivity contribution in [3.63, 3.8) is 0 Å². The molecule has 3 rings (SSSR count). The van der Waals surface area contributed by atoms with E-state index >= 15 is 0 Å². The molecule has 1 fully saturated rings. The molecular weight excluding hydrogens is 278 g/mol. The Morgan fingerprint density at radius 2 is 2.06 bits per heavy atom. The summed E-state index contributed by atoms with van der Waals surface area (Å²) < 4.78 is 6.88. The minimum atomic E-state index is 0.690. The summed E-state index contributed by atoms with van der Waals surface area (Å²) in [6, 6.07) is 8.97. The topological polar surface area (TPSA) is 25.2 Å². The zero-order chi connectivity index (χ0) is 11.7. The minimum absolute atomic E-state index is 0.690. The molecule has 0 radical (unpaired) electrons. The van der Waals surface area contributed by atoms with Gasteiger partial charge in [0.1, 0.15) is 11.3 Å². The molecule has 2 nitrogen and oxygen atoms in total. The normalized spacial score (nSPS) is 17.0. The second kappa shape index (κ2) is 4.83. The second-order valence-corrected chi connectivity index (χ2v) is 5.67. The lowest BCUT2D eigenvalue weighted by atomic mass is 10.2. The van der Waals surface area contributed by atoms with Crippen LogP contribution in [-0.2, 0) is 6.54 Å². The number of hydrogen-bond acceptors (Lipinski definition) is 2. The van der Waals surface area contributed by atoms with E-state index in [0.29, 0.717) is 6.04 Å². The molecule has 0 aliphatic heterocycles. The number of fused-ring (bicyclic) bond motifs is 1. The van der Waals surface area contributed by atoms with Crippen molar-refractivity contribution < 1.29 is 4.42 Å². The van der Waals surface area contributed by atoms with Crippen molar-refractivity contribution in [2.75, 3.05) is 0 Å². The lowest BCUT2D eigenvalue weighted by Crippen LogP contribution is -2.24. The zero-order valence-corrected chi connectivity index (χ0v) is 11.3. The van der Waals surface area contributed by atoms with E-state index in [2.05, 4.69) is 33.4 Å². The quantitative estimate of drug-likeness (QED) is 0.916. The van der Waals surface area contributed by atoms with Crippen LogP contribution in [0.1, 0.15) is 31.4 Å². The van der Waals surface area contributed by atoms with Crippen molar-refractivity contribution in [3.8, 4) is 0 Å². The summed E-state index contributed by atoms with van der Waals surface area (Å²) in [7, 11) is 0. The van der Waals surface area contributed by atoms with Gasteiger partial charge in [-0.15, -0.1) is 0 Å². The summed E-state index contributed by atoms with van der Waals surface area (Å²) >= 11 is 3.46. The van der Waals surface area contributed by atoms with Gasteiger partial charge >= 0.3 is 0 Å². The van der Waals surface area contributed by atoms with E-state index in [9.17, 15) is 0 Å². The molecule has 1 aromatic carbocycles. The van der Waals surface area contributed by atoms with Crippen LogP contribution in [-0.4, -0.2) is 6.04 Å². The third-order valence-corrected chi connectivity index (χ3v) is 3.95. The zero-order valence-electron chi connectivity index (χ0n) is 9.71. The van der Waals surface area contributed by atoms with E-state index < -0.39 is 0 Å². The van der Waals surface area contributed by atoms with E-state index in [4.69, 9.17) is 4.42 Å². The van der Waals surface area contributed by atoms with Crippen LogP contribution in [0.25, 0.3) is 11.0 Å². The summed E-state index contributed by atoms with van der Waals surface area (Å²) in [5.41, 5.74) is 0.961. The third-order valence-electron chi connectivity index (χ3n) is 3.45. The van der Waals surface area contributed by atoms with Gasteiger partial charge in [-0.05, 0) is 37.1 Å². The van der Waals surface area contributed by atoms with Gasteiger partial charge in [0.2, 0.25) is 0 Å². The first-order chi connectivity index (χ1) is 8.31. The van der Waals surface area contributed by atoms with Crippen molar-refractivity contribution in [1.29, 1.82) is 0 Å². The highest BCUT2D eigenvalue weighted by Crippen LogP contribution is 2.24. The molecule has 0 bridgehead atoms. The van der Waals surface area contributed by atoms with Crippen LogP contribution in [0.3, 0.4) is 0 Å². The first-order valence-electron chi connectivity index (χ1n) is 6.22. The average molecular weight is 294 g/mol. The number of halogens is 1. The summed E-state index contributed by atoms with van der Waals surface area (Å²) in [5.74, 6) is 1.03. The van der Waals surface area contributed by atoms with Crippen LogP contribution in [0.5, 0.6) is 0 Å². The average Bonchev–Trinajstić information content (AvgIpc) is 2.94. The molecule has 90 valence electrons. The molecular formula is C14H16BrNO. The fourth-order valence-electron chi connectivity index (χ4n) is 2.52. The Bertz CT molecular complexity index is 514. The highest BCUT2D eigenvalue weighted by atomic mass is 79.9. The molecule has 1 aliphatic carbocycles. The molecule has 0 amide bonds. The van der Waals surface area contributed by atoms with E-state index in [1.54, 1.807) is 0 Å². The van der Waals surface area contributed by atoms with Crippen molar-refractivity contribution >= 4 is 26.9 Å². The van der Waals surface area contributed by atoms with Gasteiger partial charge in [-0.25, -0.2) is 0 Å². The van der Waals surface area contributed by atoms with Crippen LogP contribution >= 0.6 is 15.9 Å². The maximum absolute atomic E-state index is 5.82. The number of benzene rings is 1. The molecule has 0 saturated heterocycles. The summed E-state index contributed by atoms with van der Waals surface area (Å²) in [5, 5.41) is 4.75. The van der Waals surface area contributed by atoms with Crippen LogP contribution in [0.2, 0.25) is 0 Å². The highest BCUT2D eigenvalue weighted by Gasteiger charge is 2.14. The molecule has 0 atom stereocenters. The van der Waals surface area contributed by atoms with Gasteiger partial charge in [0.15, 0.2) is 0 Å². The third kappa shape index (κ3) is 2.55. The summed E-state index contributed by atoms with van der Waals surface area (Å²) in [6.07, 6.45) is 5.35. The second-order valence-electron chi connectivity index (χ2n) is 4.76. The van der Waals surface area contributed by atoms with E-state index in [0.717, 1.165) is 22.4 Å². The van der Waals surface area contributed by atoms with Gasteiger partial charge in [0, 0.05) is 15.9 Å². The van der Waals surface area contributed by atoms with Gasteiger partial charge < -0.3 is 9.73 Å². The highest BCUT2D eigenvalue weighted by molar-refractivity contribution is 9.10. The monoisotopic (exact) mass is 293 g/mol. The molecule has 17 heavy (non-hydrogen) atoms. The fourth-order valence-corrected chi connectivity index (χ4v) is 2.86. The molecule has 0 spiro atoms. The Morgan fingerprint density at radius 3 is 2.88 bits per heavy atom. The SMILES string of the molecule is Brc1ccc2cc(CNC3CCCC3)oc2c1. The van der Waals surface area contributed by atoms with Crippen LogP contribution in [0.4, 0.5) is 0 Å². The predicted octanol–water partition coefficient (Wildman–Crippen LogP) is 4.23. The number of furan rings is 1. The predicted molar refractivity (Wildman–Crippen MR) is 73.0 cm³/mol. The lowest BCUT2D eigenvalue weighted by molar-refractivity contribution is 0.462. The van der Waals surface area contributed by atoms with Crippen LogP contribution in [0.15, 0.2) is 33.2 Å². The van der Waals surface area contributed by atoms with Crippen LogP contribution in [0, 0.1) is 0 Å². The van der Waals surface area contributed by atoms with E-state index in [1.807, 2.05) is 12.1 Å².